The van der Waals surface area contributed by atoms with Crippen LogP contribution in [0, 0.1) is 5.92 Å². The van der Waals surface area contributed by atoms with Gasteiger partial charge in [-0.1, -0.05) is 6.42 Å². The molecule has 5 heteroatoms. The number of benzene rings is 1. The van der Waals surface area contributed by atoms with Crippen LogP contribution in [0.4, 0.5) is 13.2 Å². The highest BCUT2D eigenvalue weighted by Crippen LogP contribution is 2.43. The summed E-state index contributed by atoms with van der Waals surface area (Å²) in [4.78, 5) is 0.903. The molecule has 1 aliphatic carbocycles. The molecule has 1 nitrogen and oxygen atoms in total. The van der Waals surface area contributed by atoms with Crippen LogP contribution in [-0.2, 0) is 6.18 Å². The largest absolute Gasteiger partial charge is 0.416 e. The van der Waals surface area contributed by atoms with Crippen molar-refractivity contribution in [2.45, 2.75) is 42.8 Å². The Morgan fingerprint density at radius 3 is 2.47 bits per heavy atom. The fourth-order valence-electron chi connectivity index (χ4n) is 3.15. The monoisotopic (exact) mass is 287 g/mol. The third-order valence-electron chi connectivity index (χ3n) is 4.11. The second-order valence-corrected chi connectivity index (χ2v) is 6.42. The Morgan fingerprint density at radius 1 is 1.05 bits per heavy atom. The summed E-state index contributed by atoms with van der Waals surface area (Å²) in [5.41, 5.74) is -0.572. The Hall–Kier alpha value is -0.680. The third kappa shape index (κ3) is 2.77. The molecule has 0 aromatic heterocycles. The first-order chi connectivity index (χ1) is 9.04. The van der Waals surface area contributed by atoms with Crippen LogP contribution in [0.1, 0.15) is 31.2 Å². The van der Waals surface area contributed by atoms with Crippen molar-refractivity contribution in [3.63, 3.8) is 0 Å². The number of rotatable bonds is 2. The molecule has 0 N–H and O–H groups in total. The van der Waals surface area contributed by atoms with Gasteiger partial charge in [0.15, 0.2) is 0 Å². The van der Waals surface area contributed by atoms with Gasteiger partial charge in [-0.2, -0.15) is 13.2 Å². The molecule has 1 aromatic carbocycles. The van der Waals surface area contributed by atoms with Gasteiger partial charge in [-0.3, -0.25) is 0 Å². The van der Waals surface area contributed by atoms with Gasteiger partial charge < -0.3 is 0 Å². The molecule has 2 atom stereocenters. The summed E-state index contributed by atoms with van der Waals surface area (Å²) in [6.45, 7) is 1.06. The van der Waals surface area contributed by atoms with Crippen molar-refractivity contribution in [3.05, 3.63) is 29.8 Å². The number of alkyl halides is 3. The Balaban J connectivity index is 1.67. The van der Waals surface area contributed by atoms with Crippen molar-refractivity contribution < 1.29 is 13.2 Å². The van der Waals surface area contributed by atoms with E-state index >= 15 is 0 Å². The molecule has 19 heavy (non-hydrogen) atoms. The fraction of sp³-hybridized carbons (Fsp3) is 0.571. The van der Waals surface area contributed by atoms with E-state index in [9.17, 15) is 13.2 Å². The Labute approximate surface area is 115 Å². The molecule has 1 aliphatic heterocycles. The molecule has 2 fully saturated rings. The number of hydrogen-bond acceptors (Lipinski definition) is 2. The molecule has 0 bridgehead atoms. The average Bonchev–Trinajstić information content (AvgIpc) is 2.94. The highest BCUT2D eigenvalue weighted by molar-refractivity contribution is 7.97. The minimum Gasteiger partial charge on any atom is -0.243 e. The highest BCUT2D eigenvalue weighted by atomic mass is 32.2. The zero-order valence-electron chi connectivity index (χ0n) is 10.5. The van der Waals surface area contributed by atoms with Crippen LogP contribution >= 0.6 is 11.9 Å². The lowest BCUT2D eigenvalue weighted by Crippen LogP contribution is -2.23. The smallest absolute Gasteiger partial charge is 0.243 e. The van der Waals surface area contributed by atoms with Gasteiger partial charge in [-0.15, -0.1) is 0 Å². The molecule has 0 radical (unpaired) electrons. The van der Waals surface area contributed by atoms with Crippen LogP contribution in [0.25, 0.3) is 0 Å². The van der Waals surface area contributed by atoms with Gasteiger partial charge in [-0.25, -0.2) is 4.31 Å². The van der Waals surface area contributed by atoms with Gasteiger partial charge in [0.1, 0.15) is 0 Å². The minimum atomic E-state index is -4.24. The maximum Gasteiger partial charge on any atom is 0.416 e. The summed E-state index contributed by atoms with van der Waals surface area (Å²) in [6.07, 6.45) is 0.831. The summed E-state index contributed by atoms with van der Waals surface area (Å²) in [5, 5.41) is 0. The summed E-state index contributed by atoms with van der Waals surface area (Å²) < 4.78 is 39.8. The zero-order chi connectivity index (χ0) is 13.5. The van der Waals surface area contributed by atoms with E-state index in [-0.39, 0.29) is 0 Å². The molecule has 0 amide bonds. The predicted molar refractivity (Wildman–Crippen MR) is 69.8 cm³/mol. The predicted octanol–water partition coefficient (Wildman–Crippen LogP) is 4.59. The number of halogens is 3. The van der Waals surface area contributed by atoms with E-state index in [4.69, 9.17) is 0 Å². The number of nitrogens with zero attached hydrogens (tertiary/aromatic N) is 1. The molecule has 0 spiro atoms. The maximum absolute atomic E-state index is 12.5. The van der Waals surface area contributed by atoms with Crippen molar-refractivity contribution in [3.8, 4) is 0 Å². The maximum atomic E-state index is 12.5. The second-order valence-electron chi connectivity index (χ2n) is 5.30. The van der Waals surface area contributed by atoms with Gasteiger partial charge >= 0.3 is 6.18 Å². The van der Waals surface area contributed by atoms with Crippen molar-refractivity contribution in [2.24, 2.45) is 5.92 Å². The summed E-state index contributed by atoms with van der Waals surface area (Å²) in [6, 6.07) is 6.13. The molecule has 1 saturated heterocycles. The van der Waals surface area contributed by atoms with Crippen LogP contribution < -0.4 is 0 Å². The Kier molecular flexibility index (Phi) is 3.52. The minimum absolute atomic E-state index is 0.572. The molecular weight excluding hydrogens is 271 g/mol. The molecule has 3 rings (SSSR count). The first kappa shape index (κ1) is 13.3. The average molecular weight is 287 g/mol. The molecule has 1 heterocycles. The van der Waals surface area contributed by atoms with Crippen molar-refractivity contribution in [1.82, 2.24) is 4.31 Å². The molecule has 2 aliphatic rings. The van der Waals surface area contributed by atoms with E-state index in [1.807, 2.05) is 0 Å². The van der Waals surface area contributed by atoms with Crippen molar-refractivity contribution in [2.75, 3.05) is 6.54 Å². The third-order valence-corrected chi connectivity index (χ3v) is 5.28. The Morgan fingerprint density at radius 2 is 1.79 bits per heavy atom. The first-order valence-corrected chi connectivity index (χ1v) is 7.43. The van der Waals surface area contributed by atoms with E-state index in [1.54, 1.807) is 24.1 Å². The van der Waals surface area contributed by atoms with Crippen LogP contribution in [0.3, 0.4) is 0 Å². The SMILES string of the molecule is FC(F)(F)c1ccc(SN2CCC3CCCC32)cc1. The fourth-order valence-corrected chi connectivity index (χ4v) is 4.28. The van der Waals surface area contributed by atoms with E-state index in [2.05, 4.69) is 4.31 Å². The van der Waals surface area contributed by atoms with Crippen LogP contribution in [-0.4, -0.2) is 16.9 Å². The summed E-state index contributed by atoms with van der Waals surface area (Å²) in [7, 11) is 0. The van der Waals surface area contributed by atoms with E-state index in [0.29, 0.717) is 6.04 Å². The Bertz CT molecular complexity index is 443. The second kappa shape index (κ2) is 5.02. The van der Waals surface area contributed by atoms with Crippen LogP contribution in [0.2, 0.25) is 0 Å². The van der Waals surface area contributed by atoms with E-state index in [1.165, 1.54) is 37.8 Å². The lowest BCUT2D eigenvalue weighted by atomic mass is 10.1. The van der Waals surface area contributed by atoms with Crippen LogP contribution in [0.5, 0.6) is 0 Å². The first-order valence-electron chi connectivity index (χ1n) is 6.66. The number of hydrogen-bond donors (Lipinski definition) is 0. The lowest BCUT2D eigenvalue weighted by molar-refractivity contribution is -0.137. The van der Waals surface area contributed by atoms with E-state index < -0.39 is 11.7 Å². The molecular formula is C14H16F3NS. The summed E-state index contributed by atoms with van der Waals surface area (Å²) in [5.74, 6) is 0.807. The van der Waals surface area contributed by atoms with Gasteiger partial charge in [-0.05, 0) is 61.4 Å². The summed E-state index contributed by atoms with van der Waals surface area (Å²) >= 11 is 1.61. The topological polar surface area (TPSA) is 3.24 Å². The highest BCUT2D eigenvalue weighted by Gasteiger charge is 2.38. The lowest BCUT2D eigenvalue weighted by Gasteiger charge is -2.22. The van der Waals surface area contributed by atoms with Crippen LogP contribution in [0.15, 0.2) is 29.2 Å². The molecule has 1 saturated carbocycles. The standard InChI is InChI=1S/C14H16F3NS/c15-14(16,17)11-4-6-12(7-5-11)19-18-9-8-10-2-1-3-13(10)18/h4-7,10,13H,1-3,8-9H2. The van der Waals surface area contributed by atoms with E-state index in [0.717, 1.165) is 17.4 Å². The van der Waals surface area contributed by atoms with Gasteiger partial charge in [0.2, 0.25) is 0 Å². The van der Waals surface area contributed by atoms with Crippen molar-refractivity contribution in [1.29, 1.82) is 0 Å². The zero-order valence-corrected chi connectivity index (χ0v) is 11.3. The quantitative estimate of drug-likeness (QED) is 0.732. The molecule has 2 unspecified atom stereocenters. The normalized spacial score (nSPS) is 27.7. The number of fused-ring (bicyclic) bond motifs is 1. The van der Waals surface area contributed by atoms with Gasteiger partial charge in [0, 0.05) is 17.5 Å². The molecule has 1 aromatic rings. The van der Waals surface area contributed by atoms with Gasteiger partial charge in [0.05, 0.1) is 5.56 Å². The molecule has 104 valence electrons. The van der Waals surface area contributed by atoms with Crippen molar-refractivity contribution >= 4 is 11.9 Å². The van der Waals surface area contributed by atoms with Gasteiger partial charge in [0.25, 0.3) is 0 Å².